The smallest absolute Gasteiger partial charge is 0.0320 e. The highest BCUT2D eigenvalue weighted by Gasteiger charge is 1.98. The van der Waals surface area contributed by atoms with E-state index in [4.69, 9.17) is 0 Å². The summed E-state index contributed by atoms with van der Waals surface area (Å²) in [5.74, 6) is 0. The molecule has 0 atom stereocenters. The van der Waals surface area contributed by atoms with Crippen LogP contribution < -0.4 is 5.32 Å². The molecule has 0 bridgehead atoms. The largest absolute Gasteiger partial charge is 0.317 e. The Labute approximate surface area is 115 Å². The van der Waals surface area contributed by atoms with Crippen molar-refractivity contribution in [2.45, 2.75) is 32.6 Å². The zero-order valence-electron chi connectivity index (χ0n) is 9.73. The van der Waals surface area contributed by atoms with Crippen LogP contribution in [0.2, 0.25) is 0 Å². The molecule has 0 fully saturated rings. The lowest BCUT2D eigenvalue weighted by Crippen LogP contribution is -2.15. The van der Waals surface area contributed by atoms with Crippen molar-refractivity contribution < 1.29 is 0 Å². The van der Waals surface area contributed by atoms with Crippen LogP contribution in [0.25, 0.3) is 0 Å². The third kappa shape index (κ3) is 5.46. The molecular weight excluding hydrogens is 330 g/mol. The van der Waals surface area contributed by atoms with Crippen LogP contribution in [-0.4, -0.2) is 13.1 Å². The van der Waals surface area contributed by atoms with Crippen molar-refractivity contribution >= 4 is 31.9 Å². The van der Waals surface area contributed by atoms with Gasteiger partial charge in [-0.2, -0.15) is 0 Å². The molecule has 1 aromatic rings. The summed E-state index contributed by atoms with van der Waals surface area (Å²) in [4.78, 5) is 0. The van der Waals surface area contributed by atoms with Crippen LogP contribution in [-0.2, 0) is 6.42 Å². The van der Waals surface area contributed by atoms with Crippen LogP contribution in [0.15, 0.2) is 27.1 Å². The molecule has 0 saturated heterocycles. The average molecular weight is 349 g/mol. The SMILES string of the molecule is CCCNCCCCc1ccc(Br)c(Br)c1. The summed E-state index contributed by atoms with van der Waals surface area (Å²) in [7, 11) is 0. The van der Waals surface area contributed by atoms with Gasteiger partial charge in [0.1, 0.15) is 0 Å². The van der Waals surface area contributed by atoms with Gasteiger partial charge in [0, 0.05) is 8.95 Å². The Morgan fingerprint density at radius 1 is 1.06 bits per heavy atom. The molecule has 1 nitrogen and oxygen atoms in total. The number of benzene rings is 1. The molecule has 0 aromatic heterocycles. The minimum absolute atomic E-state index is 1.13. The number of rotatable bonds is 7. The van der Waals surface area contributed by atoms with Gasteiger partial charge in [-0.05, 0) is 88.3 Å². The highest BCUT2D eigenvalue weighted by atomic mass is 79.9. The molecule has 0 aliphatic carbocycles. The fourth-order valence-electron chi connectivity index (χ4n) is 1.58. The summed E-state index contributed by atoms with van der Waals surface area (Å²) < 4.78 is 2.27. The molecule has 0 unspecified atom stereocenters. The molecular formula is C13H19Br2N. The summed E-state index contributed by atoms with van der Waals surface area (Å²) in [6, 6.07) is 6.49. The van der Waals surface area contributed by atoms with Gasteiger partial charge < -0.3 is 5.32 Å². The molecule has 1 aromatic carbocycles. The van der Waals surface area contributed by atoms with Crippen molar-refractivity contribution in [1.29, 1.82) is 0 Å². The molecule has 0 amide bonds. The van der Waals surface area contributed by atoms with Crippen molar-refractivity contribution in [1.82, 2.24) is 5.32 Å². The van der Waals surface area contributed by atoms with Crippen molar-refractivity contribution in [3.8, 4) is 0 Å². The van der Waals surface area contributed by atoms with E-state index in [-0.39, 0.29) is 0 Å². The lowest BCUT2D eigenvalue weighted by molar-refractivity contribution is 0.617. The first-order valence-electron chi connectivity index (χ1n) is 5.88. The van der Waals surface area contributed by atoms with Gasteiger partial charge in [0.25, 0.3) is 0 Å². The number of nitrogens with one attached hydrogen (secondary N) is 1. The van der Waals surface area contributed by atoms with Crippen LogP contribution in [0.3, 0.4) is 0 Å². The molecule has 0 spiro atoms. The first-order chi connectivity index (χ1) is 7.74. The third-order valence-corrected chi connectivity index (χ3v) is 4.36. The van der Waals surface area contributed by atoms with Crippen molar-refractivity contribution in [3.63, 3.8) is 0 Å². The predicted octanol–water partition coefficient (Wildman–Crippen LogP) is 4.53. The zero-order chi connectivity index (χ0) is 11.8. The third-order valence-electron chi connectivity index (χ3n) is 2.48. The van der Waals surface area contributed by atoms with Gasteiger partial charge in [-0.25, -0.2) is 0 Å². The summed E-state index contributed by atoms with van der Waals surface area (Å²) >= 11 is 7.01. The Balaban J connectivity index is 2.19. The summed E-state index contributed by atoms with van der Waals surface area (Å²) in [6.45, 7) is 4.49. The number of halogens is 2. The second kappa shape index (κ2) is 8.26. The lowest BCUT2D eigenvalue weighted by atomic mass is 10.1. The maximum atomic E-state index is 3.53. The van der Waals surface area contributed by atoms with Gasteiger partial charge >= 0.3 is 0 Å². The highest BCUT2D eigenvalue weighted by molar-refractivity contribution is 9.13. The van der Waals surface area contributed by atoms with Crippen LogP contribution in [0, 0.1) is 0 Å². The number of hydrogen-bond acceptors (Lipinski definition) is 1. The van der Waals surface area contributed by atoms with E-state index in [1.807, 2.05) is 0 Å². The summed E-state index contributed by atoms with van der Waals surface area (Å²) in [5.41, 5.74) is 1.41. The summed E-state index contributed by atoms with van der Waals surface area (Å²) in [6.07, 6.45) is 4.90. The first kappa shape index (κ1) is 14.2. The van der Waals surface area contributed by atoms with Crippen LogP contribution in [0.1, 0.15) is 31.7 Å². The molecule has 0 aliphatic rings. The van der Waals surface area contributed by atoms with Gasteiger partial charge in [0.2, 0.25) is 0 Å². The van der Waals surface area contributed by atoms with E-state index in [0.717, 1.165) is 22.0 Å². The van der Waals surface area contributed by atoms with Gasteiger partial charge in [0.15, 0.2) is 0 Å². The molecule has 0 saturated carbocycles. The van der Waals surface area contributed by atoms with Gasteiger partial charge in [-0.3, -0.25) is 0 Å². The summed E-state index contributed by atoms with van der Waals surface area (Å²) in [5, 5.41) is 3.43. The van der Waals surface area contributed by atoms with Gasteiger partial charge in [-0.15, -0.1) is 0 Å². The standard InChI is InChI=1S/C13H19Br2N/c1-2-8-16-9-4-3-5-11-6-7-12(14)13(15)10-11/h6-7,10,16H,2-5,8-9H2,1H3. The molecule has 1 rings (SSSR count). The van der Waals surface area contributed by atoms with E-state index >= 15 is 0 Å². The maximum absolute atomic E-state index is 3.53. The molecule has 1 N–H and O–H groups in total. The van der Waals surface area contributed by atoms with Crippen LogP contribution in [0.5, 0.6) is 0 Å². The van der Waals surface area contributed by atoms with Crippen molar-refractivity contribution in [2.24, 2.45) is 0 Å². The number of aryl methyl sites for hydroxylation is 1. The lowest BCUT2D eigenvalue weighted by Gasteiger charge is -2.04. The molecule has 16 heavy (non-hydrogen) atoms. The Hall–Kier alpha value is 0.140. The zero-order valence-corrected chi connectivity index (χ0v) is 12.9. The Bertz CT molecular complexity index is 313. The minimum atomic E-state index is 1.13. The fourth-order valence-corrected chi connectivity index (χ4v) is 2.25. The molecule has 0 radical (unpaired) electrons. The first-order valence-corrected chi connectivity index (χ1v) is 7.47. The quantitative estimate of drug-likeness (QED) is 0.713. The molecule has 90 valence electrons. The van der Waals surface area contributed by atoms with Crippen molar-refractivity contribution in [2.75, 3.05) is 13.1 Å². The predicted molar refractivity (Wildman–Crippen MR) is 77.9 cm³/mol. The van der Waals surface area contributed by atoms with E-state index in [0.29, 0.717) is 0 Å². The Morgan fingerprint density at radius 3 is 2.56 bits per heavy atom. The molecule has 0 aliphatic heterocycles. The highest BCUT2D eigenvalue weighted by Crippen LogP contribution is 2.24. The topological polar surface area (TPSA) is 12.0 Å². The monoisotopic (exact) mass is 347 g/mol. The number of hydrogen-bond donors (Lipinski definition) is 1. The van der Waals surface area contributed by atoms with E-state index in [1.54, 1.807) is 0 Å². The van der Waals surface area contributed by atoms with Crippen LogP contribution in [0.4, 0.5) is 0 Å². The van der Waals surface area contributed by atoms with E-state index in [9.17, 15) is 0 Å². The Morgan fingerprint density at radius 2 is 1.88 bits per heavy atom. The van der Waals surface area contributed by atoms with Crippen LogP contribution >= 0.6 is 31.9 Å². The normalized spacial score (nSPS) is 10.7. The molecule has 0 heterocycles. The maximum Gasteiger partial charge on any atom is 0.0320 e. The van der Waals surface area contributed by atoms with Gasteiger partial charge in [-0.1, -0.05) is 13.0 Å². The van der Waals surface area contributed by atoms with E-state index in [2.05, 4.69) is 62.3 Å². The second-order valence-electron chi connectivity index (χ2n) is 3.96. The number of unbranched alkanes of at least 4 members (excludes halogenated alkanes) is 1. The fraction of sp³-hybridized carbons (Fsp3) is 0.538. The van der Waals surface area contributed by atoms with E-state index in [1.165, 1.54) is 31.2 Å². The van der Waals surface area contributed by atoms with Gasteiger partial charge in [0.05, 0.1) is 0 Å². The molecule has 3 heteroatoms. The minimum Gasteiger partial charge on any atom is -0.317 e. The second-order valence-corrected chi connectivity index (χ2v) is 5.66. The Kier molecular flexibility index (Phi) is 7.33. The van der Waals surface area contributed by atoms with E-state index < -0.39 is 0 Å². The average Bonchev–Trinajstić information content (AvgIpc) is 2.28. The van der Waals surface area contributed by atoms with Crippen molar-refractivity contribution in [3.05, 3.63) is 32.7 Å².